The lowest BCUT2D eigenvalue weighted by molar-refractivity contribution is 1.00. The second kappa shape index (κ2) is 2.35. The van der Waals surface area contributed by atoms with E-state index in [4.69, 9.17) is 11.7 Å². The summed E-state index contributed by atoms with van der Waals surface area (Å²) in [5.74, 6) is 11.2. The first-order valence-electron chi connectivity index (χ1n) is 3.38. The number of nitrogen functional groups attached to an aromatic ring is 2. The zero-order valence-corrected chi connectivity index (χ0v) is 6.23. The summed E-state index contributed by atoms with van der Waals surface area (Å²) in [6.07, 6.45) is 1.65. The van der Waals surface area contributed by atoms with Gasteiger partial charge in [0.05, 0.1) is 0 Å². The molecule has 0 aromatic carbocycles. The SMILES string of the molecule is NNc1nc2cccnc2n1N. The molecular formula is C6H8N6. The van der Waals surface area contributed by atoms with Gasteiger partial charge in [0, 0.05) is 6.20 Å². The zero-order chi connectivity index (χ0) is 8.55. The summed E-state index contributed by atoms with van der Waals surface area (Å²) in [5.41, 5.74) is 3.69. The molecule has 0 fully saturated rings. The molecule has 0 saturated heterocycles. The van der Waals surface area contributed by atoms with E-state index in [-0.39, 0.29) is 0 Å². The fourth-order valence-electron chi connectivity index (χ4n) is 1.03. The molecule has 6 heteroatoms. The van der Waals surface area contributed by atoms with Gasteiger partial charge < -0.3 is 5.84 Å². The molecule has 0 unspecified atom stereocenters. The molecule has 2 aromatic heterocycles. The third kappa shape index (κ3) is 0.785. The number of rotatable bonds is 1. The van der Waals surface area contributed by atoms with Crippen molar-refractivity contribution >= 4 is 17.1 Å². The van der Waals surface area contributed by atoms with E-state index in [2.05, 4.69) is 15.4 Å². The van der Waals surface area contributed by atoms with E-state index in [0.717, 1.165) is 0 Å². The Labute approximate surface area is 68.1 Å². The van der Waals surface area contributed by atoms with Crippen LogP contribution in [0.15, 0.2) is 18.3 Å². The minimum Gasteiger partial charge on any atom is -0.335 e. The Bertz CT molecular complexity index is 405. The quantitative estimate of drug-likeness (QED) is 0.387. The van der Waals surface area contributed by atoms with Crippen LogP contribution in [0.3, 0.4) is 0 Å². The van der Waals surface area contributed by atoms with E-state index >= 15 is 0 Å². The third-order valence-corrected chi connectivity index (χ3v) is 1.58. The Morgan fingerprint density at radius 3 is 3.00 bits per heavy atom. The first-order chi connectivity index (χ1) is 5.83. The fraction of sp³-hybridized carbons (Fsp3) is 0. The van der Waals surface area contributed by atoms with Crippen LogP contribution in [0, 0.1) is 0 Å². The van der Waals surface area contributed by atoms with E-state index in [0.29, 0.717) is 17.1 Å². The number of hydrazine groups is 1. The van der Waals surface area contributed by atoms with Gasteiger partial charge in [0.15, 0.2) is 5.65 Å². The zero-order valence-electron chi connectivity index (χ0n) is 6.23. The molecule has 2 heterocycles. The predicted molar refractivity (Wildman–Crippen MR) is 45.5 cm³/mol. The number of nitrogens with one attached hydrogen (secondary N) is 1. The number of fused-ring (bicyclic) bond motifs is 1. The molecule has 0 amide bonds. The normalized spacial score (nSPS) is 10.4. The molecule has 0 spiro atoms. The van der Waals surface area contributed by atoms with E-state index < -0.39 is 0 Å². The number of nitrogens with two attached hydrogens (primary N) is 2. The summed E-state index contributed by atoms with van der Waals surface area (Å²) in [6, 6.07) is 3.60. The maximum Gasteiger partial charge on any atom is 0.238 e. The van der Waals surface area contributed by atoms with Crippen molar-refractivity contribution in [3.63, 3.8) is 0 Å². The summed E-state index contributed by atoms with van der Waals surface area (Å²) in [7, 11) is 0. The summed E-state index contributed by atoms with van der Waals surface area (Å²) in [5, 5.41) is 0. The van der Waals surface area contributed by atoms with Crippen LogP contribution in [0.2, 0.25) is 0 Å². The topological polar surface area (TPSA) is 94.8 Å². The molecule has 0 radical (unpaired) electrons. The smallest absolute Gasteiger partial charge is 0.238 e. The van der Waals surface area contributed by atoms with E-state index in [1.165, 1.54) is 4.68 Å². The predicted octanol–water partition coefficient (Wildman–Crippen LogP) is -0.569. The first-order valence-corrected chi connectivity index (χ1v) is 3.38. The molecule has 6 nitrogen and oxygen atoms in total. The van der Waals surface area contributed by atoms with Crippen LogP contribution < -0.4 is 17.1 Å². The van der Waals surface area contributed by atoms with Crippen molar-refractivity contribution in [2.75, 3.05) is 11.3 Å². The number of aromatic nitrogens is 3. The molecule has 2 aromatic rings. The largest absolute Gasteiger partial charge is 0.335 e. The lowest BCUT2D eigenvalue weighted by Gasteiger charge is -1.97. The Hall–Kier alpha value is -1.82. The molecule has 2 rings (SSSR count). The van der Waals surface area contributed by atoms with Crippen molar-refractivity contribution in [2.45, 2.75) is 0 Å². The van der Waals surface area contributed by atoms with Gasteiger partial charge in [-0.15, -0.1) is 0 Å². The van der Waals surface area contributed by atoms with E-state index in [9.17, 15) is 0 Å². The summed E-state index contributed by atoms with van der Waals surface area (Å²) >= 11 is 0. The molecule has 12 heavy (non-hydrogen) atoms. The number of hydrogen-bond donors (Lipinski definition) is 3. The molecule has 0 aliphatic carbocycles. The molecule has 5 N–H and O–H groups in total. The Morgan fingerprint density at radius 2 is 2.33 bits per heavy atom. The van der Waals surface area contributed by atoms with Gasteiger partial charge in [-0.1, -0.05) is 0 Å². The summed E-state index contributed by atoms with van der Waals surface area (Å²) in [4.78, 5) is 8.10. The van der Waals surface area contributed by atoms with Crippen LogP contribution in [-0.2, 0) is 0 Å². The molecule has 62 valence electrons. The van der Waals surface area contributed by atoms with Gasteiger partial charge in [0.25, 0.3) is 0 Å². The van der Waals surface area contributed by atoms with Crippen LogP contribution >= 0.6 is 0 Å². The number of anilines is 1. The van der Waals surface area contributed by atoms with Crippen molar-refractivity contribution in [3.8, 4) is 0 Å². The van der Waals surface area contributed by atoms with Crippen molar-refractivity contribution < 1.29 is 0 Å². The number of imidazole rings is 1. The van der Waals surface area contributed by atoms with Crippen LogP contribution in [0.25, 0.3) is 11.2 Å². The highest BCUT2D eigenvalue weighted by Gasteiger charge is 2.05. The average molecular weight is 164 g/mol. The molecule has 0 atom stereocenters. The maximum absolute atomic E-state index is 5.60. The number of nitrogens with zero attached hydrogens (tertiary/aromatic N) is 3. The Balaban J connectivity index is 2.78. The van der Waals surface area contributed by atoms with E-state index in [1.54, 1.807) is 12.3 Å². The van der Waals surface area contributed by atoms with Gasteiger partial charge in [-0.25, -0.2) is 20.5 Å². The summed E-state index contributed by atoms with van der Waals surface area (Å²) in [6.45, 7) is 0. The second-order valence-corrected chi connectivity index (χ2v) is 2.30. The molecule has 0 aliphatic rings. The minimum absolute atomic E-state index is 0.392. The monoisotopic (exact) mass is 164 g/mol. The molecule has 0 bridgehead atoms. The number of hydrogen-bond acceptors (Lipinski definition) is 5. The van der Waals surface area contributed by atoms with Crippen molar-refractivity contribution in [1.29, 1.82) is 0 Å². The van der Waals surface area contributed by atoms with Gasteiger partial charge >= 0.3 is 0 Å². The average Bonchev–Trinajstić information content (AvgIpc) is 2.44. The fourth-order valence-corrected chi connectivity index (χ4v) is 1.03. The lowest BCUT2D eigenvalue weighted by Crippen LogP contribution is -2.18. The Morgan fingerprint density at radius 1 is 1.50 bits per heavy atom. The summed E-state index contributed by atoms with van der Waals surface area (Å²) < 4.78 is 1.30. The highest BCUT2D eigenvalue weighted by Crippen LogP contribution is 2.11. The highest BCUT2D eigenvalue weighted by molar-refractivity contribution is 5.74. The molecule has 0 saturated carbocycles. The first kappa shape index (κ1) is 6.86. The van der Waals surface area contributed by atoms with Gasteiger partial charge in [0.2, 0.25) is 5.95 Å². The molecular weight excluding hydrogens is 156 g/mol. The van der Waals surface area contributed by atoms with E-state index in [1.807, 2.05) is 6.07 Å². The number of pyridine rings is 1. The lowest BCUT2D eigenvalue weighted by atomic mass is 10.4. The van der Waals surface area contributed by atoms with Gasteiger partial charge in [-0.3, -0.25) is 5.43 Å². The molecule has 0 aliphatic heterocycles. The van der Waals surface area contributed by atoms with Gasteiger partial charge in [-0.2, -0.15) is 0 Å². The minimum atomic E-state index is 0.392. The van der Waals surface area contributed by atoms with Crippen LogP contribution in [0.5, 0.6) is 0 Å². The van der Waals surface area contributed by atoms with Crippen LogP contribution in [0.1, 0.15) is 0 Å². The third-order valence-electron chi connectivity index (χ3n) is 1.58. The van der Waals surface area contributed by atoms with Gasteiger partial charge in [-0.05, 0) is 12.1 Å². The maximum atomic E-state index is 5.60. The Kier molecular flexibility index (Phi) is 1.34. The second-order valence-electron chi connectivity index (χ2n) is 2.30. The van der Waals surface area contributed by atoms with Crippen molar-refractivity contribution in [2.24, 2.45) is 5.84 Å². The van der Waals surface area contributed by atoms with Crippen LogP contribution in [0.4, 0.5) is 5.95 Å². The highest BCUT2D eigenvalue weighted by atomic mass is 15.4. The van der Waals surface area contributed by atoms with Crippen molar-refractivity contribution in [3.05, 3.63) is 18.3 Å². The standard InChI is InChI=1S/C6H8N6/c7-11-6-10-4-2-1-3-9-5(4)12(6)8/h1-3H,7-8H2,(H,10,11). The van der Waals surface area contributed by atoms with Gasteiger partial charge in [0.1, 0.15) is 5.52 Å². The van der Waals surface area contributed by atoms with Crippen molar-refractivity contribution in [1.82, 2.24) is 14.6 Å². The van der Waals surface area contributed by atoms with Crippen LogP contribution in [-0.4, -0.2) is 14.6 Å².